The molecule has 6 aliphatic rings. The number of esters is 1. The van der Waals surface area contributed by atoms with Crippen LogP contribution in [0.3, 0.4) is 0 Å². The van der Waals surface area contributed by atoms with Crippen molar-refractivity contribution in [3.8, 4) is 0 Å². The third-order valence-corrected chi connectivity index (χ3v) is 10.1. The van der Waals surface area contributed by atoms with Gasteiger partial charge in [-0.05, 0) is 75.9 Å². The van der Waals surface area contributed by atoms with Gasteiger partial charge in [0.1, 0.15) is 11.2 Å². The number of ether oxygens (including phenoxy) is 4. The van der Waals surface area contributed by atoms with Crippen molar-refractivity contribution in [1.29, 1.82) is 0 Å². The second-order valence-electron chi connectivity index (χ2n) is 13.1. The third-order valence-electron chi connectivity index (χ3n) is 10.1. The molecule has 5 heterocycles. The van der Waals surface area contributed by atoms with Gasteiger partial charge in [0.25, 0.3) is 0 Å². The molecule has 0 aromatic rings. The standard InChI is InChI=1S/C30H44O7/c1-19-7-9-22(26(2,3)24(19)23(31)17-21-12-16-34-25(21)32)10-8-20-11-13-30(35-18-20)28(6)14-15-29(33,37-30)27(4,5)36-28/h8,17,22-24,31,33H,1,7,9-16,18H2,2-6H3/b20-8-,21-17?/t22-,23-,24+,28-,29-,30-/m0/s1. The second-order valence-corrected chi connectivity index (χ2v) is 13.1. The van der Waals surface area contributed by atoms with Gasteiger partial charge in [-0.25, -0.2) is 4.79 Å². The Hall–Kier alpha value is -1.51. The maximum absolute atomic E-state index is 11.9. The summed E-state index contributed by atoms with van der Waals surface area (Å²) in [4.78, 5) is 11.9. The van der Waals surface area contributed by atoms with Crippen molar-refractivity contribution in [3.05, 3.63) is 35.5 Å². The third kappa shape index (κ3) is 4.35. The lowest BCUT2D eigenvalue weighted by Gasteiger charge is -2.66. The Balaban J connectivity index is 1.25. The molecule has 0 unspecified atom stereocenters. The van der Waals surface area contributed by atoms with Gasteiger partial charge in [0, 0.05) is 30.8 Å². The number of hydrogen-bond acceptors (Lipinski definition) is 7. The molecule has 2 bridgehead atoms. The molecule has 0 aromatic heterocycles. The van der Waals surface area contributed by atoms with Crippen LogP contribution in [0.2, 0.25) is 0 Å². The van der Waals surface area contributed by atoms with Crippen molar-refractivity contribution in [2.45, 2.75) is 115 Å². The Kier molecular flexibility index (Phi) is 6.60. The zero-order valence-corrected chi connectivity index (χ0v) is 23.1. The van der Waals surface area contributed by atoms with Crippen LogP contribution >= 0.6 is 0 Å². The molecule has 6 rings (SSSR count). The van der Waals surface area contributed by atoms with Gasteiger partial charge in [-0.15, -0.1) is 0 Å². The highest BCUT2D eigenvalue weighted by atomic mass is 16.8. The molecule has 2 N–H and O–H groups in total. The van der Waals surface area contributed by atoms with Crippen molar-refractivity contribution < 1.29 is 34.0 Å². The van der Waals surface area contributed by atoms with Crippen LogP contribution in [-0.4, -0.2) is 58.3 Å². The Labute approximate surface area is 220 Å². The van der Waals surface area contributed by atoms with Gasteiger partial charge in [-0.1, -0.05) is 32.1 Å². The first-order valence-electron chi connectivity index (χ1n) is 13.9. The highest BCUT2D eigenvalue weighted by molar-refractivity contribution is 5.90. The molecule has 0 amide bonds. The Morgan fingerprint density at radius 1 is 1.08 bits per heavy atom. The number of hydrogen-bond donors (Lipinski definition) is 2. The number of aliphatic hydroxyl groups is 2. The van der Waals surface area contributed by atoms with Crippen LogP contribution in [0.4, 0.5) is 0 Å². The summed E-state index contributed by atoms with van der Waals surface area (Å²) < 4.78 is 24.1. The summed E-state index contributed by atoms with van der Waals surface area (Å²) in [5, 5.41) is 22.3. The first-order valence-corrected chi connectivity index (χ1v) is 13.9. The van der Waals surface area contributed by atoms with E-state index in [1.807, 2.05) is 20.8 Å². The summed E-state index contributed by atoms with van der Waals surface area (Å²) in [6, 6.07) is 0. The topological polar surface area (TPSA) is 94.5 Å². The highest BCUT2D eigenvalue weighted by Gasteiger charge is 2.70. The molecule has 7 nitrogen and oxygen atoms in total. The molecular formula is C30H44O7. The molecule has 1 aliphatic carbocycles. The van der Waals surface area contributed by atoms with Gasteiger partial charge < -0.3 is 29.2 Å². The Bertz CT molecular complexity index is 1010. The molecule has 7 heteroatoms. The zero-order chi connectivity index (χ0) is 26.9. The van der Waals surface area contributed by atoms with Crippen molar-refractivity contribution >= 4 is 5.97 Å². The van der Waals surface area contributed by atoms with Crippen LogP contribution in [0.15, 0.2) is 35.5 Å². The van der Waals surface area contributed by atoms with E-state index in [2.05, 4.69) is 26.5 Å². The predicted molar refractivity (Wildman–Crippen MR) is 138 cm³/mol. The fourth-order valence-electron chi connectivity index (χ4n) is 7.54. The molecule has 1 spiro atoms. The minimum absolute atomic E-state index is 0.121. The summed E-state index contributed by atoms with van der Waals surface area (Å²) in [5.41, 5.74) is 1.28. The Morgan fingerprint density at radius 3 is 2.46 bits per heavy atom. The smallest absolute Gasteiger partial charge is 0.333 e. The summed E-state index contributed by atoms with van der Waals surface area (Å²) in [6.45, 7) is 15.4. The van der Waals surface area contributed by atoms with Gasteiger partial charge in [0.15, 0.2) is 5.79 Å². The normalized spacial score (nSPS) is 44.0. The largest absolute Gasteiger partial charge is 0.462 e. The SMILES string of the molecule is C=C1CC[C@@H](C/C=C2/CC[C@]3(OC2)O[C@@]2(O)CC[C@]3(C)OC2(C)C)C(C)(C)[C@H]1[C@@H](O)C=C1CCOC1=O. The molecule has 5 aliphatic heterocycles. The van der Waals surface area contributed by atoms with Crippen molar-refractivity contribution in [2.75, 3.05) is 13.2 Å². The van der Waals surface area contributed by atoms with Gasteiger partial charge in [-0.3, -0.25) is 0 Å². The van der Waals surface area contributed by atoms with E-state index in [0.29, 0.717) is 50.4 Å². The lowest BCUT2D eigenvalue weighted by atomic mass is 9.58. The maximum Gasteiger partial charge on any atom is 0.333 e. The van der Waals surface area contributed by atoms with Crippen LogP contribution in [-0.2, 0) is 23.7 Å². The summed E-state index contributed by atoms with van der Waals surface area (Å²) in [7, 11) is 0. The first kappa shape index (κ1) is 27.1. The van der Waals surface area contributed by atoms with Crippen molar-refractivity contribution in [1.82, 2.24) is 0 Å². The van der Waals surface area contributed by atoms with Crippen LogP contribution in [0.5, 0.6) is 0 Å². The number of carbonyl (C=O) groups excluding carboxylic acids is 1. The van der Waals surface area contributed by atoms with E-state index in [1.165, 1.54) is 5.57 Å². The quantitative estimate of drug-likeness (QED) is 0.317. The van der Waals surface area contributed by atoms with E-state index in [-0.39, 0.29) is 17.3 Å². The van der Waals surface area contributed by atoms with Gasteiger partial charge in [0.05, 0.1) is 19.3 Å². The lowest BCUT2D eigenvalue weighted by Crippen LogP contribution is -2.78. The predicted octanol–water partition coefficient (Wildman–Crippen LogP) is 4.72. The average molecular weight is 517 g/mol. The molecule has 0 radical (unpaired) electrons. The van der Waals surface area contributed by atoms with Crippen LogP contribution in [0.1, 0.15) is 86.0 Å². The van der Waals surface area contributed by atoms with Gasteiger partial charge in [-0.2, -0.15) is 0 Å². The number of fused-ring (bicyclic) bond motifs is 2. The molecule has 6 fully saturated rings. The second kappa shape index (κ2) is 9.02. The van der Waals surface area contributed by atoms with Crippen LogP contribution in [0.25, 0.3) is 0 Å². The number of allylic oxidation sites excluding steroid dienone is 1. The number of carbonyl (C=O) groups is 1. The summed E-state index contributed by atoms with van der Waals surface area (Å²) in [6.07, 6.45) is 9.26. The highest BCUT2D eigenvalue weighted by Crippen LogP contribution is 2.59. The van der Waals surface area contributed by atoms with E-state index in [0.717, 1.165) is 31.3 Å². The number of aliphatic hydroxyl groups excluding tert-OH is 1. The molecule has 5 saturated heterocycles. The summed E-state index contributed by atoms with van der Waals surface area (Å²) >= 11 is 0. The van der Waals surface area contributed by atoms with Gasteiger partial charge >= 0.3 is 5.97 Å². The van der Waals surface area contributed by atoms with E-state index < -0.39 is 28.9 Å². The first-order chi connectivity index (χ1) is 17.2. The van der Waals surface area contributed by atoms with E-state index >= 15 is 0 Å². The van der Waals surface area contributed by atoms with E-state index in [9.17, 15) is 15.0 Å². The van der Waals surface area contributed by atoms with Gasteiger partial charge in [0.2, 0.25) is 5.79 Å². The molecule has 1 saturated carbocycles. The van der Waals surface area contributed by atoms with E-state index in [1.54, 1.807) is 6.08 Å². The summed E-state index contributed by atoms with van der Waals surface area (Å²) in [5.74, 6) is -2.36. The minimum atomic E-state index is -1.35. The number of rotatable bonds is 4. The maximum atomic E-state index is 11.9. The average Bonchev–Trinajstić information content (AvgIpc) is 3.20. The monoisotopic (exact) mass is 516 g/mol. The minimum Gasteiger partial charge on any atom is -0.462 e. The van der Waals surface area contributed by atoms with Crippen molar-refractivity contribution in [2.24, 2.45) is 17.3 Å². The Morgan fingerprint density at radius 2 is 1.84 bits per heavy atom. The fraction of sp³-hybridized carbons (Fsp3) is 0.767. The zero-order valence-electron chi connectivity index (χ0n) is 23.1. The number of cyclic esters (lactones) is 1. The van der Waals surface area contributed by atoms with Crippen LogP contribution in [0, 0.1) is 17.3 Å². The lowest BCUT2D eigenvalue weighted by molar-refractivity contribution is -0.518. The molecule has 37 heavy (non-hydrogen) atoms. The van der Waals surface area contributed by atoms with Crippen molar-refractivity contribution in [3.63, 3.8) is 0 Å². The molecule has 206 valence electrons. The molecular weight excluding hydrogens is 472 g/mol. The fourth-order valence-corrected chi connectivity index (χ4v) is 7.54. The molecule has 0 aromatic carbocycles. The van der Waals surface area contributed by atoms with Crippen LogP contribution < -0.4 is 0 Å². The van der Waals surface area contributed by atoms with E-state index in [4.69, 9.17) is 18.9 Å². The molecule has 6 atom stereocenters.